The minimum Gasteiger partial charge on any atom is -0.342 e. The molecule has 3 heteroatoms. The van der Waals surface area contributed by atoms with E-state index in [1.165, 1.54) is 0 Å². The Morgan fingerprint density at radius 3 is 1.00 bits per heavy atom. The van der Waals surface area contributed by atoms with Gasteiger partial charge in [0.05, 0.1) is 0 Å². The normalized spacial score (nSPS) is 10.9. The van der Waals surface area contributed by atoms with Gasteiger partial charge in [-0.15, -0.1) is 15.3 Å². The molecular formula is C8H22AuPSi. The van der Waals surface area contributed by atoms with Gasteiger partial charge >= 0.3 is 22.4 Å². The van der Waals surface area contributed by atoms with Crippen molar-refractivity contribution in [1.82, 2.24) is 0 Å². The van der Waals surface area contributed by atoms with Gasteiger partial charge in [-0.1, -0.05) is 19.6 Å². The summed E-state index contributed by atoms with van der Waals surface area (Å²) >= 11 is 0. The third-order valence-corrected chi connectivity index (χ3v) is 0. The van der Waals surface area contributed by atoms with Crippen molar-refractivity contribution >= 4 is 15.3 Å². The molecule has 0 aromatic carbocycles. The van der Waals surface area contributed by atoms with E-state index in [0.717, 1.165) is 0 Å². The zero-order valence-corrected chi connectivity index (χ0v) is 12.7. The predicted molar refractivity (Wildman–Crippen MR) is 58.8 cm³/mol. The molecule has 0 saturated heterocycles. The molecule has 0 unspecified atom stereocenters. The van der Waals surface area contributed by atoms with Crippen LogP contribution in [0.4, 0.5) is 0 Å². The van der Waals surface area contributed by atoms with Crippen LogP contribution in [0.1, 0.15) is 0 Å². The smallest absolute Gasteiger partial charge is 0.342 e. The van der Waals surface area contributed by atoms with E-state index in [-0.39, 0.29) is 22.4 Å². The Hall–Kier alpha value is 1.39. The quantitative estimate of drug-likeness (QED) is 0.347. The average Bonchev–Trinajstić information content (AvgIpc) is 1.12. The Labute approximate surface area is 90.4 Å². The maximum atomic E-state index is 3.91. The van der Waals surface area contributed by atoms with Crippen molar-refractivity contribution in [1.29, 1.82) is 0 Å². The number of hydrogen-bond donors (Lipinski definition) is 0. The Morgan fingerprint density at radius 2 is 1.00 bits per heavy atom. The van der Waals surface area contributed by atoms with E-state index >= 15 is 0 Å². The third kappa shape index (κ3) is 521. The standard InChI is InChI=1S/C4H11P.C4H11Si.Au/c2*1-5(2,3)4;/h2*1H2,2-4H3;/q;-1;+1. The van der Waals surface area contributed by atoms with Crippen LogP contribution < -0.4 is 0 Å². The molecule has 0 radical (unpaired) electrons. The van der Waals surface area contributed by atoms with E-state index in [1.54, 1.807) is 0 Å². The molecular weight excluding hydrogens is 352 g/mol. The zero-order chi connectivity index (χ0) is 9.00. The van der Waals surface area contributed by atoms with Gasteiger partial charge < -0.3 is 6.55 Å². The molecule has 0 aromatic rings. The molecule has 0 spiro atoms. The second-order valence-electron chi connectivity index (χ2n) is 4.85. The Bertz CT molecular complexity index is 57.1. The van der Waals surface area contributed by atoms with Crippen molar-refractivity contribution in [2.45, 2.75) is 19.6 Å². The van der Waals surface area contributed by atoms with Crippen LogP contribution in [0, 0.1) is 13.2 Å². The maximum Gasteiger partial charge on any atom is 1.00 e. The van der Waals surface area contributed by atoms with E-state index in [1.807, 2.05) is 0 Å². The zero-order valence-electron chi connectivity index (χ0n) is 8.66. The van der Waals surface area contributed by atoms with Crippen LogP contribution in [-0.2, 0) is 22.4 Å². The van der Waals surface area contributed by atoms with Crippen LogP contribution >= 0.6 is 7.26 Å². The molecule has 11 heavy (non-hydrogen) atoms. The molecule has 0 aliphatic carbocycles. The summed E-state index contributed by atoms with van der Waals surface area (Å²) in [5, 5.41) is 0. The van der Waals surface area contributed by atoms with Crippen molar-refractivity contribution < 1.29 is 22.4 Å². The largest absolute Gasteiger partial charge is 1.00 e. The summed E-state index contributed by atoms with van der Waals surface area (Å²) in [4.78, 5) is 0. The van der Waals surface area contributed by atoms with Gasteiger partial charge in [-0.05, 0) is 0 Å². The van der Waals surface area contributed by atoms with Crippen LogP contribution in [0.5, 0.6) is 0 Å². The Morgan fingerprint density at radius 1 is 1.00 bits per heavy atom. The first-order valence-electron chi connectivity index (χ1n) is 3.51. The molecule has 0 nitrogen and oxygen atoms in total. The molecule has 0 bridgehead atoms. The topological polar surface area (TPSA) is 0 Å². The van der Waals surface area contributed by atoms with Crippen molar-refractivity contribution in [3.05, 3.63) is 13.2 Å². The van der Waals surface area contributed by atoms with Gasteiger partial charge in [0.25, 0.3) is 0 Å². The predicted octanol–water partition coefficient (Wildman–Crippen LogP) is 3.38. The summed E-state index contributed by atoms with van der Waals surface area (Å²) in [6.45, 7) is 21.0. The third-order valence-electron chi connectivity index (χ3n) is 0. The second-order valence-corrected chi connectivity index (χ2v) is 14.6. The summed E-state index contributed by atoms with van der Waals surface area (Å²) in [6, 6.07) is 0. The summed E-state index contributed by atoms with van der Waals surface area (Å²) in [6.07, 6.45) is 0. The van der Waals surface area contributed by atoms with Gasteiger partial charge in [0.1, 0.15) is 0 Å². The molecule has 0 saturated carbocycles. The maximum absolute atomic E-state index is 3.91. The van der Waals surface area contributed by atoms with E-state index in [9.17, 15) is 0 Å². The minimum absolute atomic E-state index is 0. The Kier molecular flexibility index (Phi) is 11.4. The minimum atomic E-state index is -0.861. The first kappa shape index (κ1) is 18.2. The van der Waals surface area contributed by atoms with Crippen LogP contribution in [0.15, 0.2) is 0 Å². The van der Waals surface area contributed by atoms with Crippen LogP contribution in [0.2, 0.25) is 19.6 Å². The molecule has 0 aliphatic rings. The van der Waals surface area contributed by atoms with E-state index in [4.69, 9.17) is 0 Å². The summed E-state index contributed by atoms with van der Waals surface area (Å²) in [5.74, 6) is 0. The molecule has 0 rings (SSSR count). The molecule has 0 atom stereocenters. The van der Waals surface area contributed by atoms with Crippen LogP contribution in [0.3, 0.4) is 0 Å². The molecule has 0 fully saturated rings. The van der Waals surface area contributed by atoms with Gasteiger partial charge in [-0.3, -0.25) is 0 Å². The van der Waals surface area contributed by atoms with E-state index < -0.39 is 15.3 Å². The van der Waals surface area contributed by atoms with E-state index in [2.05, 4.69) is 52.8 Å². The van der Waals surface area contributed by atoms with Crippen molar-refractivity contribution in [3.63, 3.8) is 0 Å². The molecule has 0 aromatic heterocycles. The van der Waals surface area contributed by atoms with Gasteiger partial charge in [-0.25, -0.2) is 0 Å². The van der Waals surface area contributed by atoms with Crippen molar-refractivity contribution in [2.75, 3.05) is 20.0 Å². The van der Waals surface area contributed by atoms with Gasteiger partial charge in [0.2, 0.25) is 0 Å². The Balaban J connectivity index is -0.000000107. The first-order valence-corrected chi connectivity index (χ1v) is 10.5. The fraction of sp³-hybridized carbons (Fsp3) is 0.750. The fourth-order valence-electron chi connectivity index (χ4n) is 0. The van der Waals surface area contributed by atoms with Crippen LogP contribution in [-0.4, -0.2) is 28.1 Å². The number of rotatable bonds is 0. The van der Waals surface area contributed by atoms with Crippen molar-refractivity contribution in [3.8, 4) is 0 Å². The first-order chi connectivity index (χ1) is 4.00. The molecule has 0 aliphatic heterocycles. The van der Waals surface area contributed by atoms with Crippen LogP contribution in [0.25, 0.3) is 0 Å². The summed E-state index contributed by atoms with van der Waals surface area (Å²) in [7, 11) is -1.50. The molecule has 74 valence electrons. The monoisotopic (exact) mass is 374 g/mol. The fourth-order valence-corrected chi connectivity index (χ4v) is 0. The molecule has 0 amide bonds. The number of hydrogen-bond acceptors (Lipinski definition) is 0. The van der Waals surface area contributed by atoms with E-state index in [0.29, 0.717) is 0 Å². The van der Waals surface area contributed by atoms with Gasteiger partial charge in [-0.2, -0.15) is 6.66 Å². The summed E-state index contributed by atoms with van der Waals surface area (Å²) < 4.78 is 0. The van der Waals surface area contributed by atoms with Gasteiger partial charge in [0.15, 0.2) is 0 Å². The van der Waals surface area contributed by atoms with Crippen molar-refractivity contribution in [2.24, 2.45) is 0 Å². The van der Waals surface area contributed by atoms with Gasteiger partial charge in [0, 0.05) is 20.0 Å². The SMILES string of the molecule is [Au+].[CH2-][P+](C)(C)C.[CH2-][Si](C)(C)C. The second kappa shape index (κ2) is 6.86. The molecule has 0 N–H and O–H groups in total. The molecule has 0 heterocycles. The average molecular weight is 374 g/mol. The summed E-state index contributed by atoms with van der Waals surface area (Å²) in [5.41, 5.74) is 0.